The number of nitrogens with zero attached hydrogens (tertiary/aromatic N) is 1. The molecule has 0 aromatic heterocycles. The second kappa shape index (κ2) is 8.68. The van der Waals surface area contributed by atoms with Gasteiger partial charge in [-0.1, -0.05) is 36.4 Å². The first-order valence-corrected chi connectivity index (χ1v) is 8.94. The molecule has 0 aliphatic carbocycles. The molecule has 1 atom stereocenters. The number of rotatable bonds is 8. The van der Waals surface area contributed by atoms with Crippen LogP contribution in [-0.4, -0.2) is 43.5 Å². The monoisotopic (exact) mass is 368 g/mol. The Morgan fingerprint density at radius 1 is 1.00 bits per heavy atom. The molecule has 142 valence electrons. The molecule has 0 spiro atoms. The van der Waals surface area contributed by atoms with Gasteiger partial charge in [-0.15, -0.1) is 0 Å². The van der Waals surface area contributed by atoms with Crippen LogP contribution >= 0.6 is 0 Å². The highest BCUT2D eigenvalue weighted by atomic mass is 16.5. The van der Waals surface area contributed by atoms with E-state index in [9.17, 15) is 9.59 Å². The number of hydrogen-bond acceptors (Lipinski definition) is 5. The standard InChI is InChI=1S/C21H24N2O4/c1-26-18-9-8-15(12-19(18)27-2)10-11-22-17-13-20(24)23(21(17)25)14-16-6-4-3-5-7-16/h3-9,12,17,22H,10-11,13-14H2,1-2H3/t17-/m0/s1. The number of carbonyl (C=O) groups excluding carboxylic acids is 2. The fraction of sp³-hybridized carbons (Fsp3) is 0.333. The number of imide groups is 1. The summed E-state index contributed by atoms with van der Waals surface area (Å²) in [5.74, 6) is 1.07. The Balaban J connectivity index is 1.54. The van der Waals surface area contributed by atoms with Crippen molar-refractivity contribution in [2.45, 2.75) is 25.4 Å². The Morgan fingerprint density at radius 2 is 1.74 bits per heavy atom. The summed E-state index contributed by atoms with van der Waals surface area (Å²) in [5.41, 5.74) is 2.02. The normalized spacial score (nSPS) is 16.7. The predicted molar refractivity (Wildman–Crippen MR) is 102 cm³/mol. The van der Waals surface area contributed by atoms with Gasteiger partial charge in [0.05, 0.1) is 33.2 Å². The summed E-state index contributed by atoms with van der Waals surface area (Å²) < 4.78 is 10.5. The van der Waals surface area contributed by atoms with Crippen molar-refractivity contribution < 1.29 is 19.1 Å². The first-order valence-electron chi connectivity index (χ1n) is 8.94. The Bertz CT molecular complexity index is 807. The van der Waals surface area contributed by atoms with Crippen LogP contribution in [0.25, 0.3) is 0 Å². The van der Waals surface area contributed by atoms with Gasteiger partial charge in [0.15, 0.2) is 11.5 Å². The Kier molecular flexibility index (Phi) is 6.08. The van der Waals surface area contributed by atoms with Crippen LogP contribution in [0.15, 0.2) is 48.5 Å². The van der Waals surface area contributed by atoms with E-state index >= 15 is 0 Å². The highest BCUT2D eigenvalue weighted by Gasteiger charge is 2.37. The van der Waals surface area contributed by atoms with Gasteiger partial charge in [0, 0.05) is 0 Å². The molecule has 2 aromatic carbocycles. The lowest BCUT2D eigenvalue weighted by Crippen LogP contribution is -2.39. The highest BCUT2D eigenvalue weighted by Crippen LogP contribution is 2.27. The van der Waals surface area contributed by atoms with E-state index in [1.54, 1.807) is 14.2 Å². The van der Waals surface area contributed by atoms with Crippen molar-refractivity contribution in [1.82, 2.24) is 10.2 Å². The molecule has 6 nitrogen and oxygen atoms in total. The van der Waals surface area contributed by atoms with Gasteiger partial charge >= 0.3 is 0 Å². The minimum absolute atomic E-state index is 0.132. The molecule has 0 saturated carbocycles. The van der Waals surface area contributed by atoms with Crippen LogP contribution in [0.4, 0.5) is 0 Å². The second-order valence-electron chi connectivity index (χ2n) is 6.45. The average Bonchev–Trinajstić information content (AvgIpc) is 2.96. The first-order chi connectivity index (χ1) is 13.1. The third-order valence-corrected chi connectivity index (χ3v) is 4.68. The van der Waals surface area contributed by atoms with E-state index in [2.05, 4.69) is 5.32 Å². The number of carbonyl (C=O) groups is 2. The molecule has 1 heterocycles. The maximum Gasteiger partial charge on any atom is 0.247 e. The highest BCUT2D eigenvalue weighted by molar-refractivity contribution is 6.05. The maximum atomic E-state index is 12.6. The number of benzene rings is 2. The van der Waals surface area contributed by atoms with Crippen LogP contribution in [0.2, 0.25) is 0 Å². The van der Waals surface area contributed by atoms with Crippen molar-refractivity contribution in [1.29, 1.82) is 0 Å². The van der Waals surface area contributed by atoms with E-state index in [4.69, 9.17) is 9.47 Å². The number of amides is 2. The molecule has 0 unspecified atom stereocenters. The van der Waals surface area contributed by atoms with Crippen molar-refractivity contribution in [3.8, 4) is 11.5 Å². The minimum Gasteiger partial charge on any atom is -0.493 e. The molecule has 3 rings (SSSR count). The van der Waals surface area contributed by atoms with Gasteiger partial charge in [0.2, 0.25) is 11.8 Å². The zero-order valence-corrected chi connectivity index (χ0v) is 15.6. The molecule has 0 bridgehead atoms. The fourth-order valence-electron chi connectivity index (χ4n) is 3.20. The lowest BCUT2D eigenvalue weighted by Gasteiger charge is -2.16. The Morgan fingerprint density at radius 3 is 2.44 bits per heavy atom. The maximum absolute atomic E-state index is 12.6. The van der Waals surface area contributed by atoms with Crippen molar-refractivity contribution in [2.24, 2.45) is 0 Å². The summed E-state index contributed by atoms with van der Waals surface area (Å²) in [6.45, 7) is 0.921. The molecular weight excluding hydrogens is 344 g/mol. The number of likely N-dealkylation sites (tertiary alicyclic amines) is 1. The van der Waals surface area contributed by atoms with Crippen LogP contribution in [0.5, 0.6) is 11.5 Å². The van der Waals surface area contributed by atoms with Gasteiger partial charge in [0.1, 0.15) is 0 Å². The molecular formula is C21H24N2O4. The van der Waals surface area contributed by atoms with E-state index in [-0.39, 0.29) is 18.2 Å². The second-order valence-corrected chi connectivity index (χ2v) is 6.45. The number of hydrogen-bond donors (Lipinski definition) is 1. The molecule has 1 saturated heterocycles. The lowest BCUT2D eigenvalue weighted by molar-refractivity contribution is -0.139. The largest absolute Gasteiger partial charge is 0.493 e. The summed E-state index contributed by atoms with van der Waals surface area (Å²) in [6, 6.07) is 14.8. The van der Waals surface area contributed by atoms with Gasteiger partial charge in [-0.3, -0.25) is 14.5 Å². The van der Waals surface area contributed by atoms with Crippen molar-refractivity contribution in [2.75, 3.05) is 20.8 Å². The van der Waals surface area contributed by atoms with E-state index in [1.807, 2.05) is 48.5 Å². The molecule has 1 fully saturated rings. The number of methoxy groups -OCH3 is 2. The average molecular weight is 368 g/mol. The van der Waals surface area contributed by atoms with Crippen LogP contribution in [0.3, 0.4) is 0 Å². The first kappa shape index (κ1) is 18.9. The summed E-state index contributed by atoms with van der Waals surface area (Å²) >= 11 is 0. The van der Waals surface area contributed by atoms with Crippen LogP contribution in [-0.2, 0) is 22.6 Å². The quantitative estimate of drug-likeness (QED) is 0.724. The van der Waals surface area contributed by atoms with Crippen molar-refractivity contribution >= 4 is 11.8 Å². The zero-order chi connectivity index (χ0) is 19.2. The van der Waals surface area contributed by atoms with Gasteiger partial charge in [0.25, 0.3) is 0 Å². The summed E-state index contributed by atoms with van der Waals surface area (Å²) in [7, 11) is 3.20. The van der Waals surface area contributed by atoms with Gasteiger partial charge in [-0.25, -0.2) is 0 Å². The molecule has 2 aromatic rings. The Labute approximate surface area is 159 Å². The predicted octanol–water partition coefficient (Wildman–Crippen LogP) is 2.16. The molecule has 27 heavy (non-hydrogen) atoms. The van der Waals surface area contributed by atoms with E-state index in [0.717, 1.165) is 17.5 Å². The topological polar surface area (TPSA) is 67.9 Å². The van der Waals surface area contributed by atoms with E-state index in [1.165, 1.54) is 4.90 Å². The smallest absolute Gasteiger partial charge is 0.247 e. The molecule has 1 N–H and O–H groups in total. The lowest BCUT2D eigenvalue weighted by atomic mass is 10.1. The minimum atomic E-state index is -0.457. The molecule has 1 aliphatic rings. The van der Waals surface area contributed by atoms with E-state index < -0.39 is 6.04 Å². The molecule has 6 heteroatoms. The third kappa shape index (κ3) is 4.46. The van der Waals surface area contributed by atoms with Crippen LogP contribution in [0, 0.1) is 0 Å². The van der Waals surface area contributed by atoms with Gasteiger partial charge in [-0.05, 0) is 36.2 Å². The third-order valence-electron chi connectivity index (χ3n) is 4.68. The SMILES string of the molecule is COc1ccc(CCN[C@H]2CC(=O)N(Cc3ccccc3)C2=O)cc1OC. The number of ether oxygens (including phenoxy) is 2. The van der Waals surface area contributed by atoms with Gasteiger partial charge in [-0.2, -0.15) is 0 Å². The molecule has 2 amide bonds. The van der Waals surface area contributed by atoms with E-state index in [0.29, 0.717) is 24.6 Å². The summed E-state index contributed by atoms with van der Waals surface area (Å²) in [6.07, 6.45) is 0.925. The number of nitrogens with one attached hydrogen (secondary N) is 1. The van der Waals surface area contributed by atoms with Crippen molar-refractivity contribution in [3.05, 3.63) is 59.7 Å². The van der Waals surface area contributed by atoms with Gasteiger partial charge < -0.3 is 14.8 Å². The summed E-state index contributed by atoms with van der Waals surface area (Å²) in [4.78, 5) is 26.1. The fourth-order valence-corrected chi connectivity index (χ4v) is 3.20. The van der Waals surface area contributed by atoms with Crippen molar-refractivity contribution in [3.63, 3.8) is 0 Å². The van der Waals surface area contributed by atoms with Crippen LogP contribution in [0.1, 0.15) is 17.5 Å². The molecule has 1 aliphatic heterocycles. The summed E-state index contributed by atoms with van der Waals surface area (Å²) in [5, 5.41) is 3.21. The van der Waals surface area contributed by atoms with Crippen LogP contribution < -0.4 is 14.8 Å². The Hall–Kier alpha value is -2.86. The zero-order valence-electron chi connectivity index (χ0n) is 15.6. The molecule has 0 radical (unpaired) electrons.